The van der Waals surface area contributed by atoms with Crippen LogP contribution >= 0.6 is 0 Å². The van der Waals surface area contributed by atoms with Gasteiger partial charge in [0.05, 0.1) is 28.8 Å². The molecule has 1 aliphatic heterocycles. The summed E-state index contributed by atoms with van der Waals surface area (Å²) in [4.78, 5) is 31.7. The number of aromatic nitrogens is 3. The minimum absolute atomic E-state index is 0.102. The molecule has 0 spiro atoms. The summed E-state index contributed by atoms with van der Waals surface area (Å²) in [5, 5.41) is 0.579. The van der Waals surface area contributed by atoms with Crippen LogP contribution in [0, 0.1) is 6.92 Å². The molecule has 0 unspecified atom stereocenters. The molecule has 3 heterocycles. The Morgan fingerprint density at radius 1 is 0.861 bits per heavy atom. The van der Waals surface area contributed by atoms with E-state index in [-0.39, 0.29) is 17.0 Å². The predicted octanol–water partition coefficient (Wildman–Crippen LogP) is 5.20. The second-order valence-electron chi connectivity index (χ2n) is 9.21. The summed E-state index contributed by atoms with van der Waals surface area (Å²) in [5.74, 6) is 0.159. The number of hydrogen-bond acceptors (Lipinski definition) is 3. The average Bonchev–Trinajstić information content (AvgIpc) is 3.43. The van der Waals surface area contributed by atoms with Gasteiger partial charge in [-0.05, 0) is 42.7 Å². The van der Waals surface area contributed by atoms with Gasteiger partial charge in [-0.25, -0.2) is 4.68 Å². The van der Waals surface area contributed by atoms with Crippen molar-refractivity contribution in [3.8, 4) is 5.69 Å². The number of nitrogens with zero attached hydrogens (tertiary/aromatic N) is 4. The van der Waals surface area contributed by atoms with E-state index in [4.69, 9.17) is 0 Å². The first-order valence-electron chi connectivity index (χ1n) is 12.2. The molecule has 0 saturated carbocycles. The van der Waals surface area contributed by atoms with Crippen LogP contribution in [0.3, 0.4) is 0 Å². The van der Waals surface area contributed by atoms with E-state index in [1.807, 2.05) is 96.7 Å². The molecule has 1 atom stereocenters. The van der Waals surface area contributed by atoms with Gasteiger partial charge in [0.2, 0.25) is 0 Å². The van der Waals surface area contributed by atoms with Crippen molar-refractivity contribution in [3.05, 3.63) is 129 Å². The molecule has 6 nitrogen and oxygen atoms in total. The van der Waals surface area contributed by atoms with E-state index in [0.29, 0.717) is 29.7 Å². The Bertz CT molecular complexity index is 1710. The Morgan fingerprint density at radius 3 is 2.33 bits per heavy atom. The van der Waals surface area contributed by atoms with Crippen LogP contribution in [0.1, 0.15) is 29.2 Å². The van der Waals surface area contributed by atoms with Gasteiger partial charge in [-0.1, -0.05) is 66.7 Å². The molecular weight excluding hydrogens is 448 g/mol. The van der Waals surface area contributed by atoms with Crippen molar-refractivity contribution < 1.29 is 0 Å². The van der Waals surface area contributed by atoms with E-state index < -0.39 is 0 Å². The Labute approximate surface area is 208 Å². The Morgan fingerprint density at radius 2 is 1.56 bits per heavy atom. The molecule has 0 radical (unpaired) electrons. The molecule has 0 N–H and O–H groups in total. The summed E-state index contributed by atoms with van der Waals surface area (Å²) in [5.41, 5.74) is 5.13. The third kappa shape index (κ3) is 3.71. The van der Waals surface area contributed by atoms with Crippen molar-refractivity contribution in [2.24, 2.45) is 4.99 Å². The molecule has 6 rings (SSSR count). The molecule has 2 aromatic heterocycles. The molecule has 0 bridgehead atoms. The molecule has 0 aliphatic carbocycles. The molecule has 6 heteroatoms. The van der Waals surface area contributed by atoms with Crippen molar-refractivity contribution in [1.29, 1.82) is 0 Å². The summed E-state index contributed by atoms with van der Waals surface area (Å²) < 4.78 is 5.34. The topological polar surface area (TPSA) is 61.3 Å². The Hall–Kier alpha value is -4.45. The number of rotatable bonds is 6. The quantitative estimate of drug-likeness (QED) is 0.340. The van der Waals surface area contributed by atoms with Gasteiger partial charge in [0, 0.05) is 30.4 Å². The molecule has 0 fully saturated rings. The number of pyridine rings is 1. The van der Waals surface area contributed by atoms with Gasteiger partial charge in [0.15, 0.2) is 0 Å². The van der Waals surface area contributed by atoms with E-state index in [9.17, 15) is 9.59 Å². The van der Waals surface area contributed by atoms with Crippen LogP contribution in [-0.4, -0.2) is 20.1 Å². The fourth-order valence-corrected chi connectivity index (χ4v) is 5.23. The highest BCUT2D eigenvalue weighted by atomic mass is 16.1. The lowest BCUT2D eigenvalue weighted by atomic mass is 9.98. The summed E-state index contributed by atoms with van der Waals surface area (Å²) >= 11 is 0. The highest BCUT2D eigenvalue weighted by Crippen LogP contribution is 2.34. The van der Waals surface area contributed by atoms with Gasteiger partial charge >= 0.3 is 0 Å². The molecule has 5 aromatic rings. The smallest absolute Gasteiger partial charge is 0.281 e. The maximum absolute atomic E-state index is 13.9. The molecule has 36 heavy (non-hydrogen) atoms. The van der Waals surface area contributed by atoms with Gasteiger partial charge in [-0.15, -0.1) is 0 Å². The lowest BCUT2D eigenvalue weighted by molar-refractivity contribution is 0.597. The molecular formula is C30H26N4O2. The van der Waals surface area contributed by atoms with Crippen molar-refractivity contribution in [3.63, 3.8) is 0 Å². The number of aliphatic imine (C=N–C) groups is 1. The zero-order valence-electron chi connectivity index (χ0n) is 20.0. The molecule has 3 aromatic carbocycles. The Kier molecular flexibility index (Phi) is 5.49. The van der Waals surface area contributed by atoms with E-state index in [1.165, 1.54) is 5.56 Å². The fraction of sp³-hybridized carbons (Fsp3) is 0.167. The van der Waals surface area contributed by atoms with Crippen molar-refractivity contribution in [2.45, 2.75) is 32.4 Å². The monoisotopic (exact) mass is 474 g/mol. The summed E-state index contributed by atoms with van der Waals surface area (Å²) in [6.45, 7) is 2.87. The number of fused-ring (bicyclic) bond motifs is 2. The van der Waals surface area contributed by atoms with Gasteiger partial charge in [-0.3, -0.25) is 19.3 Å². The maximum Gasteiger partial charge on any atom is 0.281 e. The van der Waals surface area contributed by atoms with Crippen LogP contribution in [0.5, 0.6) is 0 Å². The van der Waals surface area contributed by atoms with Gasteiger partial charge in [0.25, 0.3) is 11.1 Å². The van der Waals surface area contributed by atoms with Crippen molar-refractivity contribution >= 4 is 22.8 Å². The van der Waals surface area contributed by atoms with E-state index >= 15 is 0 Å². The third-order valence-electron chi connectivity index (χ3n) is 7.04. The van der Waals surface area contributed by atoms with Gasteiger partial charge < -0.3 is 4.57 Å². The second-order valence-corrected chi connectivity index (χ2v) is 9.21. The lowest BCUT2D eigenvalue weighted by Gasteiger charge is -2.15. The number of hydrogen-bond donors (Lipinski definition) is 0. The SMILES string of the molecule is Cc1c2c(=O)n(-c3ccccc3)n(Cc3ccccc3)c2cc(=O)n1CC[C@H]1C=Nc2ccccc21. The van der Waals surface area contributed by atoms with E-state index in [2.05, 4.69) is 11.1 Å². The van der Waals surface area contributed by atoms with Crippen molar-refractivity contribution in [2.75, 3.05) is 0 Å². The van der Waals surface area contributed by atoms with E-state index in [0.717, 1.165) is 23.4 Å². The molecule has 0 saturated heterocycles. The lowest BCUT2D eigenvalue weighted by Crippen LogP contribution is -2.24. The highest BCUT2D eigenvalue weighted by molar-refractivity contribution is 5.82. The Balaban J connectivity index is 1.46. The highest BCUT2D eigenvalue weighted by Gasteiger charge is 2.22. The fourth-order valence-electron chi connectivity index (χ4n) is 5.23. The number of para-hydroxylation sites is 2. The summed E-state index contributed by atoms with van der Waals surface area (Å²) in [6, 6.07) is 29.3. The first-order valence-corrected chi connectivity index (χ1v) is 12.2. The standard InChI is InChI=1S/C30H26N4O2/c1-21-29-27(18-28(35)32(21)17-16-23-19-31-26-15-9-8-14-25(23)26)33(20-22-10-4-2-5-11-22)34(30(29)36)24-12-6-3-7-13-24/h2-15,18-19,23H,16-17,20H2,1H3/t23-/m0/s1. The normalized spacial score (nSPS) is 14.4. The summed E-state index contributed by atoms with van der Waals surface area (Å²) in [7, 11) is 0. The van der Waals surface area contributed by atoms with Crippen LogP contribution < -0.4 is 11.1 Å². The molecule has 1 aliphatic rings. The van der Waals surface area contributed by atoms with Gasteiger partial charge in [-0.2, -0.15) is 0 Å². The van der Waals surface area contributed by atoms with Crippen molar-refractivity contribution in [1.82, 2.24) is 13.9 Å². The average molecular weight is 475 g/mol. The molecule has 178 valence electrons. The maximum atomic E-state index is 13.9. The zero-order chi connectivity index (χ0) is 24.6. The molecule has 0 amide bonds. The predicted molar refractivity (Wildman–Crippen MR) is 144 cm³/mol. The minimum atomic E-state index is -0.119. The van der Waals surface area contributed by atoms with Crippen LogP contribution in [0.2, 0.25) is 0 Å². The third-order valence-corrected chi connectivity index (χ3v) is 7.04. The first kappa shape index (κ1) is 22.0. The summed E-state index contributed by atoms with van der Waals surface area (Å²) in [6.07, 6.45) is 2.70. The zero-order valence-corrected chi connectivity index (χ0v) is 20.0. The van der Waals surface area contributed by atoms with Crippen LogP contribution in [0.15, 0.2) is 106 Å². The van der Waals surface area contributed by atoms with Crippen LogP contribution in [-0.2, 0) is 13.1 Å². The van der Waals surface area contributed by atoms with Crippen LogP contribution in [0.25, 0.3) is 16.6 Å². The van der Waals surface area contributed by atoms with Gasteiger partial charge in [0.1, 0.15) is 0 Å². The minimum Gasteiger partial charge on any atom is -0.312 e. The second kappa shape index (κ2) is 8.96. The number of benzene rings is 3. The largest absolute Gasteiger partial charge is 0.312 e. The number of aryl methyl sites for hydroxylation is 1. The van der Waals surface area contributed by atoms with E-state index in [1.54, 1.807) is 15.3 Å². The van der Waals surface area contributed by atoms with Crippen LogP contribution in [0.4, 0.5) is 5.69 Å². The first-order chi connectivity index (χ1) is 17.6.